The van der Waals surface area contributed by atoms with Crippen molar-refractivity contribution in [3.05, 3.63) is 82.8 Å². The smallest absolute Gasteiger partial charge is 0.237 e. The fourth-order valence-electron chi connectivity index (χ4n) is 4.02. The van der Waals surface area contributed by atoms with Gasteiger partial charge in [0.1, 0.15) is 11.8 Å². The number of amides is 1. The highest BCUT2D eigenvalue weighted by molar-refractivity contribution is 6.31. The number of hydrogen-bond acceptors (Lipinski definition) is 5. The number of carbonyl (C=O) groups excluding carboxylic acids is 1. The van der Waals surface area contributed by atoms with Gasteiger partial charge in [-0.1, -0.05) is 35.9 Å². The Labute approximate surface area is 187 Å². The largest absolute Gasteiger partial charge is 0.443 e. The summed E-state index contributed by atoms with van der Waals surface area (Å²) in [5, 5.41) is 0.714. The summed E-state index contributed by atoms with van der Waals surface area (Å²) < 4.78 is 6.08. The number of likely N-dealkylation sites (N-methyl/N-ethyl adjacent to an activating group) is 1. The van der Waals surface area contributed by atoms with Gasteiger partial charge < -0.3 is 9.32 Å². The Hall–Kier alpha value is -2.70. The van der Waals surface area contributed by atoms with Crippen LogP contribution in [-0.2, 0) is 17.8 Å². The third-order valence-electron chi connectivity index (χ3n) is 5.57. The summed E-state index contributed by atoms with van der Waals surface area (Å²) in [6.45, 7) is 1.69. The normalized spacial score (nSPS) is 16.6. The average molecular weight is 439 g/mol. The number of nitrogens with zero attached hydrogens (tertiary/aromatic N) is 4. The highest BCUT2D eigenvalue weighted by atomic mass is 35.5. The van der Waals surface area contributed by atoms with Gasteiger partial charge in [-0.15, -0.1) is 0 Å². The molecule has 0 N–H and O–H groups in total. The number of benzene rings is 1. The van der Waals surface area contributed by atoms with Gasteiger partial charge in [-0.25, -0.2) is 4.98 Å². The zero-order chi connectivity index (χ0) is 21.6. The lowest BCUT2D eigenvalue weighted by atomic mass is 10.0. The van der Waals surface area contributed by atoms with Gasteiger partial charge >= 0.3 is 0 Å². The zero-order valence-electron chi connectivity index (χ0n) is 17.7. The van der Waals surface area contributed by atoms with E-state index < -0.39 is 0 Å². The van der Waals surface area contributed by atoms with E-state index in [-0.39, 0.29) is 11.9 Å². The van der Waals surface area contributed by atoms with Crippen molar-refractivity contribution in [3.63, 3.8) is 0 Å². The SMILES string of the molecule is CN(CC(=O)N1CCCCC1c1ncc(Cc2ccccc2Cl)o1)Cc1ccccn1. The summed E-state index contributed by atoms with van der Waals surface area (Å²) >= 11 is 6.28. The van der Waals surface area contributed by atoms with Gasteiger partial charge in [-0.3, -0.25) is 14.7 Å². The Kier molecular flexibility index (Phi) is 6.99. The third kappa shape index (κ3) is 5.51. The van der Waals surface area contributed by atoms with Crippen LogP contribution in [0.4, 0.5) is 0 Å². The Morgan fingerprint density at radius 2 is 2.03 bits per heavy atom. The maximum Gasteiger partial charge on any atom is 0.237 e. The molecule has 7 heteroatoms. The van der Waals surface area contributed by atoms with Gasteiger partial charge in [-0.05, 0) is 50.1 Å². The van der Waals surface area contributed by atoms with E-state index in [1.807, 2.05) is 59.3 Å². The van der Waals surface area contributed by atoms with Crippen LogP contribution in [0.3, 0.4) is 0 Å². The van der Waals surface area contributed by atoms with Gasteiger partial charge in [0.2, 0.25) is 11.8 Å². The van der Waals surface area contributed by atoms with Crippen LogP contribution in [0.1, 0.15) is 48.2 Å². The summed E-state index contributed by atoms with van der Waals surface area (Å²) in [7, 11) is 1.94. The number of likely N-dealkylation sites (tertiary alicyclic amines) is 1. The molecule has 31 heavy (non-hydrogen) atoms. The van der Waals surface area contributed by atoms with Crippen LogP contribution in [-0.4, -0.2) is 45.8 Å². The predicted octanol–water partition coefficient (Wildman–Crippen LogP) is 4.50. The molecule has 1 fully saturated rings. The molecule has 0 saturated carbocycles. The highest BCUT2D eigenvalue weighted by Gasteiger charge is 2.31. The van der Waals surface area contributed by atoms with E-state index in [4.69, 9.17) is 16.0 Å². The van der Waals surface area contributed by atoms with Crippen LogP contribution >= 0.6 is 11.6 Å². The molecule has 6 nitrogen and oxygen atoms in total. The van der Waals surface area contributed by atoms with Crippen molar-refractivity contribution in [2.75, 3.05) is 20.1 Å². The van der Waals surface area contributed by atoms with Gasteiger partial charge in [0.05, 0.1) is 18.4 Å². The van der Waals surface area contributed by atoms with Crippen LogP contribution < -0.4 is 0 Å². The molecule has 1 aliphatic heterocycles. The van der Waals surface area contributed by atoms with Gasteiger partial charge in [0.25, 0.3) is 0 Å². The molecule has 3 aromatic rings. The summed E-state index contributed by atoms with van der Waals surface area (Å²) in [6, 6.07) is 13.4. The lowest BCUT2D eigenvalue weighted by Gasteiger charge is -2.34. The van der Waals surface area contributed by atoms with Crippen molar-refractivity contribution in [2.45, 2.75) is 38.3 Å². The zero-order valence-corrected chi connectivity index (χ0v) is 18.5. The molecular weight excluding hydrogens is 412 g/mol. The molecule has 1 amide bonds. The summed E-state index contributed by atoms with van der Waals surface area (Å²) in [4.78, 5) is 25.9. The van der Waals surface area contributed by atoms with Gasteiger partial charge in [-0.2, -0.15) is 0 Å². The van der Waals surface area contributed by atoms with E-state index in [0.29, 0.717) is 30.4 Å². The van der Waals surface area contributed by atoms with Crippen molar-refractivity contribution in [2.24, 2.45) is 0 Å². The second-order valence-electron chi connectivity index (χ2n) is 8.03. The third-order valence-corrected chi connectivity index (χ3v) is 5.93. The molecule has 0 spiro atoms. The number of rotatable bonds is 7. The fourth-order valence-corrected chi connectivity index (χ4v) is 4.22. The first kappa shape index (κ1) is 21.5. The Bertz CT molecular complexity index is 1010. The van der Waals surface area contributed by atoms with Crippen LogP contribution in [0, 0.1) is 0 Å². The lowest BCUT2D eigenvalue weighted by Crippen LogP contribution is -2.43. The second kappa shape index (κ2) is 10.1. The van der Waals surface area contributed by atoms with Crippen LogP contribution in [0.15, 0.2) is 59.3 Å². The highest BCUT2D eigenvalue weighted by Crippen LogP contribution is 2.31. The fraction of sp³-hybridized carbons (Fsp3) is 0.375. The maximum absolute atomic E-state index is 13.1. The van der Waals surface area contributed by atoms with Crippen molar-refractivity contribution in [1.29, 1.82) is 0 Å². The molecule has 0 radical (unpaired) electrons. The molecule has 1 atom stereocenters. The lowest BCUT2D eigenvalue weighted by molar-refractivity contribution is -0.136. The minimum absolute atomic E-state index is 0.0917. The molecule has 3 heterocycles. The van der Waals surface area contributed by atoms with E-state index in [0.717, 1.165) is 42.8 Å². The molecule has 1 saturated heterocycles. The molecule has 162 valence electrons. The van der Waals surface area contributed by atoms with Crippen molar-refractivity contribution in [1.82, 2.24) is 19.8 Å². The quantitative estimate of drug-likeness (QED) is 0.543. The second-order valence-corrected chi connectivity index (χ2v) is 8.43. The molecule has 2 aromatic heterocycles. The number of hydrogen-bond donors (Lipinski definition) is 0. The molecule has 1 aromatic carbocycles. The number of pyridine rings is 1. The first-order valence-electron chi connectivity index (χ1n) is 10.7. The van der Waals surface area contributed by atoms with Gasteiger partial charge in [0, 0.05) is 30.7 Å². The maximum atomic E-state index is 13.1. The summed E-state index contributed by atoms with van der Waals surface area (Å²) in [5.41, 5.74) is 1.95. The standard InChI is InChI=1S/C24H27ClN4O2/c1-28(16-19-9-4-6-12-26-19)17-23(30)29-13-7-5-11-22(29)24-27-15-20(31-24)14-18-8-2-3-10-21(18)25/h2-4,6,8-10,12,15,22H,5,7,11,13-14,16-17H2,1H3. The van der Waals surface area contributed by atoms with E-state index in [9.17, 15) is 4.79 Å². The van der Waals surface area contributed by atoms with Crippen molar-refractivity contribution < 1.29 is 9.21 Å². The van der Waals surface area contributed by atoms with Crippen molar-refractivity contribution >= 4 is 17.5 Å². The topological polar surface area (TPSA) is 62.5 Å². The van der Waals surface area contributed by atoms with Gasteiger partial charge in [0.15, 0.2) is 0 Å². The Morgan fingerprint density at radius 3 is 2.84 bits per heavy atom. The molecule has 0 aliphatic carbocycles. The van der Waals surface area contributed by atoms with E-state index in [2.05, 4.69) is 9.97 Å². The van der Waals surface area contributed by atoms with E-state index >= 15 is 0 Å². The predicted molar refractivity (Wildman–Crippen MR) is 120 cm³/mol. The number of piperidine rings is 1. The molecule has 1 unspecified atom stereocenters. The number of oxazole rings is 1. The van der Waals surface area contributed by atoms with Crippen LogP contribution in [0.5, 0.6) is 0 Å². The minimum atomic E-state index is -0.121. The molecule has 0 bridgehead atoms. The first-order valence-corrected chi connectivity index (χ1v) is 11.0. The molecule has 4 rings (SSSR count). The minimum Gasteiger partial charge on any atom is -0.443 e. The van der Waals surface area contributed by atoms with Crippen LogP contribution in [0.25, 0.3) is 0 Å². The van der Waals surface area contributed by atoms with E-state index in [1.54, 1.807) is 12.4 Å². The monoisotopic (exact) mass is 438 g/mol. The first-order chi connectivity index (χ1) is 15.1. The van der Waals surface area contributed by atoms with Crippen molar-refractivity contribution in [3.8, 4) is 0 Å². The Balaban J connectivity index is 1.42. The number of halogens is 1. The number of aromatic nitrogens is 2. The average Bonchev–Trinajstić information content (AvgIpc) is 3.24. The Morgan fingerprint density at radius 1 is 1.19 bits per heavy atom. The number of carbonyl (C=O) groups is 1. The summed E-state index contributed by atoms with van der Waals surface area (Å²) in [6.07, 6.45) is 7.03. The van der Waals surface area contributed by atoms with Crippen LogP contribution in [0.2, 0.25) is 5.02 Å². The summed E-state index contributed by atoms with van der Waals surface area (Å²) in [5.74, 6) is 1.46. The molecular formula is C24H27ClN4O2. The van der Waals surface area contributed by atoms with E-state index in [1.165, 1.54) is 0 Å². The molecule has 1 aliphatic rings.